The predicted octanol–water partition coefficient (Wildman–Crippen LogP) is 21.1. The van der Waals surface area contributed by atoms with Crippen LogP contribution in [0.15, 0.2) is 334 Å². The monoisotopic (exact) mass is 1780 g/mol. The second-order valence-electron chi connectivity index (χ2n) is 24.9. The molecular formula is C84H56BF24FeP3Ru. The number of hydrogen-bond acceptors (Lipinski definition) is 0. The Balaban J connectivity index is 0.000000252. The second kappa shape index (κ2) is 37.3. The molecule has 0 radical (unpaired) electrons. The summed E-state index contributed by atoms with van der Waals surface area (Å²) in [6.07, 6.45) is -54.8. The molecule has 0 N–H and O–H groups in total. The van der Waals surface area contributed by atoms with E-state index in [1.54, 1.807) is 0 Å². The summed E-state index contributed by atoms with van der Waals surface area (Å²) in [6.45, 7) is 0. The van der Waals surface area contributed by atoms with Crippen LogP contribution < -0.4 is 69.6 Å². The van der Waals surface area contributed by atoms with E-state index < -0.39 is 218 Å². The van der Waals surface area contributed by atoms with Crippen molar-refractivity contribution in [1.82, 2.24) is 0 Å². The number of halogens is 24. The topological polar surface area (TPSA) is 0 Å². The summed E-state index contributed by atoms with van der Waals surface area (Å²) in [7, 11) is -1.26. The van der Waals surface area contributed by atoms with Crippen molar-refractivity contribution in [3.8, 4) is 0 Å². The summed E-state index contributed by atoms with van der Waals surface area (Å²) in [5.41, 5.74) is -30.2. The first-order valence-electron chi connectivity index (χ1n) is 33.2. The van der Waals surface area contributed by atoms with Crippen molar-refractivity contribution in [2.75, 3.05) is 0 Å². The Morgan fingerprint density at radius 1 is 0.202 bits per heavy atom. The standard InChI is InChI=1S/C32H12BF24.C18H15P.2C17H14P.Fe.Ru.H/c34-25(35,36)13-1-14(26(37,38)39)6-21(5-13)33(22-7-15(27(40,41)42)2-16(8-22)28(43,44)45,23-9-17(29(46,47)48)3-18(10-23)30(49,50)51)24-11-19(31(52,53)54)4-20(12-24)32(55,56)57;1-4-10-16(11-5-1)19(17-12-6-2-7-13-17)18-14-8-3-9-15-18;2*1-3-9-15(10-4-1)18(17-13-7-8-14-17)16-11-5-2-6-12-16;;;/h1-12H;1-15H;2*1-14H;;;/q-1;;2*-1;2*+2;-1. The van der Waals surface area contributed by atoms with Crippen molar-refractivity contribution in [3.63, 3.8) is 0 Å². The molecule has 114 heavy (non-hydrogen) atoms. The molecule has 0 heterocycles. The zero-order chi connectivity index (χ0) is 81.2. The minimum Gasteiger partial charge on any atom is -1.00 e. The van der Waals surface area contributed by atoms with Crippen LogP contribution >= 0.6 is 23.8 Å². The maximum absolute atomic E-state index is 14.2. The van der Waals surface area contributed by atoms with Gasteiger partial charge in [-0.25, -0.2) is 24.3 Å². The molecule has 0 amide bonds. The molecule has 0 nitrogen and oxygen atoms in total. The molecule has 594 valence electrons. The number of rotatable bonds is 13. The quantitative estimate of drug-likeness (QED) is 0.0467. The Morgan fingerprint density at radius 3 is 0.482 bits per heavy atom. The fourth-order valence-corrected chi connectivity index (χ4v) is 19.4. The van der Waals surface area contributed by atoms with E-state index in [-0.39, 0.29) is 38.0 Å². The number of benzene rings is 11. The van der Waals surface area contributed by atoms with Crippen LogP contribution in [0.2, 0.25) is 0 Å². The van der Waals surface area contributed by atoms with E-state index in [2.05, 4.69) is 261 Å². The van der Waals surface area contributed by atoms with E-state index in [1.807, 2.05) is 0 Å². The molecular weight excluding hydrogens is 1730 g/mol. The van der Waals surface area contributed by atoms with Gasteiger partial charge < -0.3 is 1.43 Å². The van der Waals surface area contributed by atoms with Crippen LogP contribution in [0.4, 0.5) is 105 Å². The molecule has 13 aromatic rings. The fraction of sp³-hybridized carbons (Fsp3) is 0.0952. The zero-order valence-corrected chi connectivity index (χ0v) is 63.5. The van der Waals surface area contributed by atoms with Gasteiger partial charge in [0.15, 0.2) is 0 Å². The minimum absolute atomic E-state index is 0. The third kappa shape index (κ3) is 22.7. The Bertz CT molecular complexity index is 4440. The molecule has 13 aromatic carbocycles. The van der Waals surface area contributed by atoms with Crippen LogP contribution in [0.5, 0.6) is 0 Å². The molecule has 0 spiro atoms. The molecule has 30 heteroatoms. The maximum atomic E-state index is 14.2. The molecule has 0 aliphatic heterocycles. The van der Waals surface area contributed by atoms with E-state index in [1.165, 1.54) is 47.7 Å². The first kappa shape index (κ1) is 90.5. The van der Waals surface area contributed by atoms with Gasteiger partial charge in [-0.05, 0) is 69.3 Å². The molecule has 0 fully saturated rings. The summed E-state index contributed by atoms with van der Waals surface area (Å²) < 4.78 is 341. The van der Waals surface area contributed by atoms with Crippen LogP contribution in [0.1, 0.15) is 45.9 Å². The second-order valence-corrected chi connectivity index (χ2v) is 31.5. The SMILES string of the molecule is FC(F)(F)c1cc([B-](c2cc(C(F)(F)F)cc(C(F)(F)F)c2)(c2cc(C(F)(F)F)cc(C(F)(F)F)c2)c2cc(C(F)(F)F)cc(C(F)(F)F)c2)cc(C(F)(F)F)c1.[Fe+2].[H-].[Ru+2].c1ccc(P(c2ccccc2)[c-]2cccc2)cc1.c1ccc(P(c2ccccc2)[c-]2cccc2)cc1.c1ccc(P(c2ccccc2)c2ccccc2)cc1. The number of alkyl halides is 24. The third-order valence-corrected chi connectivity index (χ3v) is 24.7. The first-order chi connectivity index (χ1) is 52.6. The van der Waals surface area contributed by atoms with Crippen LogP contribution in [-0.4, -0.2) is 6.15 Å². The fourth-order valence-electron chi connectivity index (χ4n) is 12.5. The van der Waals surface area contributed by atoms with E-state index in [0.29, 0.717) is 0 Å². The summed E-state index contributed by atoms with van der Waals surface area (Å²) in [5, 5.41) is 12.7. The Morgan fingerprint density at radius 2 is 0.342 bits per heavy atom. The van der Waals surface area contributed by atoms with Crippen LogP contribution in [0.25, 0.3) is 0 Å². The third-order valence-electron chi connectivity index (χ3n) is 17.3. The molecule has 0 bridgehead atoms. The minimum atomic E-state index is -6.13. The summed E-state index contributed by atoms with van der Waals surface area (Å²) >= 11 is 0. The molecule has 0 unspecified atom stereocenters. The van der Waals surface area contributed by atoms with Gasteiger partial charge in [0.05, 0.1) is 44.5 Å². The molecule has 0 aliphatic rings. The average molecular weight is 1780 g/mol. The van der Waals surface area contributed by atoms with Crippen LogP contribution in [0.3, 0.4) is 0 Å². The smallest absolute Gasteiger partial charge is 1.00 e. The largest absolute Gasteiger partial charge is 2.00 e. The van der Waals surface area contributed by atoms with E-state index in [9.17, 15) is 105 Å². The van der Waals surface area contributed by atoms with Gasteiger partial charge in [-0.1, -0.05) is 277 Å². The van der Waals surface area contributed by atoms with Gasteiger partial charge in [0.2, 0.25) is 0 Å². The van der Waals surface area contributed by atoms with Gasteiger partial charge in [-0.15, -0.1) is 10.6 Å². The van der Waals surface area contributed by atoms with Gasteiger partial charge in [0.1, 0.15) is 6.15 Å². The normalized spacial score (nSPS) is 12.3. The van der Waals surface area contributed by atoms with E-state index in [0.717, 1.165) is 0 Å². The molecule has 0 atom stereocenters. The van der Waals surface area contributed by atoms with Crippen molar-refractivity contribution >= 4 is 99.5 Å². The van der Waals surface area contributed by atoms with Crippen LogP contribution in [0, 0.1) is 0 Å². The summed E-state index contributed by atoms with van der Waals surface area (Å²) in [6, 6.07) is 84.0. The van der Waals surface area contributed by atoms with Gasteiger partial charge in [0, 0.05) is 0 Å². The predicted molar refractivity (Wildman–Crippen MR) is 398 cm³/mol. The molecule has 0 aliphatic carbocycles. The summed E-state index contributed by atoms with van der Waals surface area (Å²) in [4.78, 5) is 0. The van der Waals surface area contributed by atoms with E-state index in [4.69, 9.17) is 0 Å². The Labute approximate surface area is 666 Å². The molecule has 0 saturated heterocycles. The number of hydrogen-bond donors (Lipinski definition) is 0. The van der Waals surface area contributed by atoms with Crippen molar-refractivity contribution in [2.24, 2.45) is 0 Å². The summed E-state index contributed by atoms with van der Waals surface area (Å²) in [5.74, 6) is 0. The van der Waals surface area contributed by atoms with Crippen molar-refractivity contribution in [1.29, 1.82) is 0 Å². The molecule has 13 rings (SSSR count). The van der Waals surface area contributed by atoms with E-state index >= 15 is 0 Å². The molecule has 0 saturated carbocycles. The maximum Gasteiger partial charge on any atom is 2.00 e. The Kier molecular flexibility index (Phi) is 29.6. The van der Waals surface area contributed by atoms with Crippen LogP contribution in [-0.2, 0) is 86.0 Å². The van der Waals surface area contributed by atoms with Gasteiger partial charge in [-0.2, -0.15) is 151 Å². The Hall–Kier alpha value is -9.06. The van der Waals surface area contributed by atoms with Crippen molar-refractivity contribution < 1.29 is 143 Å². The van der Waals surface area contributed by atoms with Crippen molar-refractivity contribution in [2.45, 2.75) is 49.4 Å². The first-order valence-corrected chi connectivity index (χ1v) is 37.2. The molecule has 0 aromatic heterocycles. The zero-order valence-electron chi connectivity index (χ0n) is 59.0. The average Bonchev–Trinajstić information content (AvgIpc) is 0.997. The van der Waals surface area contributed by atoms with Gasteiger partial charge in [-0.3, -0.25) is 0 Å². The van der Waals surface area contributed by atoms with Gasteiger partial charge in [0.25, 0.3) is 0 Å². The van der Waals surface area contributed by atoms with Crippen molar-refractivity contribution in [3.05, 3.63) is 378 Å². The van der Waals surface area contributed by atoms with Gasteiger partial charge >= 0.3 is 86.0 Å².